The Balaban J connectivity index is 0.00000200. The third-order valence-corrected chi connectivity index (χ3v) is 5.54. The summed E-state index contributed by atoms with van der Waals surface area (Å²) in [6.07, 6.45) is 4.83. The number of methoxy groups -OCH3 is 2. The average molecular weight is 353 g/mol. The first-order valence-corrected chi connectivity index (χ1v) is 8.25. The fourth-order valence-electron chi connectivity index (χ4n) is 2.45. The summed E-state index contributed by atoms with van der Waals surface area (Å²) in [4.78, 5) is 12.5. The molecule has 1 fully saturated rings. The molecule has 2 rings (SSSR count). The molecule has 106 valence electrons. The zero-order valence-electron chi connectivity index (χ0n) is 11.2. The number of hydrogen-bond acceptors (Lipinski definition) is 3. The second kappa shape index (κ2) is 8.44. The van der Waals surface area contributed by atoms with Crippen molar-refractivity contribution in [3.63, 3.8) is 0 Å². The molecule has 0 bridgehead atoms. The average Bonchev–Trinajstić information content (AvgIpc) is 2.91. The molecule has 0 spiro atoms. The Labute approximate surface area is 142 Å². The van der Waals surface area contributed by atoms with Gasteiger partial charge in [0.25, 0.3) is 0 Å². The van der Waals surface area contributed by atoms with Gasteiger partial charge in [0.05, 0.1) is 18.7 Å². The molecular formula is C14H19BrLiO3P. The molecule has 0 aromatic heterocycles. The number of halogens is 1. The number of rotatable bonds is 5. The third kappa shape index (κ3) is 4.01. The number of benzene rings is 1. The van der Waals surface area contributed by atoms with Crippen LogP contribution in [0.4, 0.5) is 0 Å². The van der Waals surface area contributed by atoms with Crippen LogP contribution in [0.5, 0.6) is 11.5 Å². The predicted molar refractivity (Wildman–Crippen MR) is 89.3 cm³/mol. The van der Waals surface area contributed by atoms with Crippen molar-refractivity contribution in [1.82, 2.24) is 0 Å². The summed E-state index contributed by atoms with van der Waals surface area (Å²) >= 11 is 3.42. The summed E-state index contributed by atoms with van der Waals surface area (Å²) in [5, 5.41) is 0. The quantitative estimate of drug-likeness (QED) is 0.600. The summed E-state index contributed by atoms with van der Waals surface area (Å²) in [6.45, 7) is 0. The summed E-state index contributed by atoms with van der Waals surface area (Å²) in [5.74, 6) is 1.17. The van der Waals surface area contributed by atoms with Gasteiger partial charge in [-0.25, -0.2) is 0 Å². The Morgan fingerprint density at radius 1 is 1.25 bits per heavy atom. The van der Waals surface area contributed by atoms with Crippen LogP contribution in [0.2, 0.25) is 0 Å². The van der Waals surface area contributed by atoms with Gasteiger partial charge in [0.15, 0.2) is 5.52 Å². The molecule has 0 saturated heterocycles. The molecule has 0 N–H and O–H groups in total. The van der Waals surface area contributed by atoms with Gasteiger partial charge in [0, 0.05) is 0 Å². The maximum atomic E-state index is 12.5. The summed E-state index contributed by atoms with van der Waals surface area (Å²) in [6, 6.07) is 3.64. The van der Waals surface area contributed by atoms with Crippen LogP contribution in [0.1, 0.15) is 36.0 Å². The van der Waals surface area contributed by atoms with Gasteiger partial charge in [-0.05, 0) is 55.1 Å². The van der Waals surface area contributed by atoms with E-state index in [4.69, 9.17) is 9.47 Å². The Morgan fingerprint density at radius 2 is 1.90 bits per heavy atom. The van der Waals surface area contributed by atoms with E-state index in [1.165, 1.54) is 25.7 Å². The second-order valence-electron chi connectivity index (χ2n) is 4.61. The first kappa shape index (κ1) is 18.0. The van der Waals surface area contributed by atoms with Gasteiger partial charge < -0.3 is 9.47 Å². The zero-order chi connectivity index (χ0) is 13.8. The van der Waals surface area contributed by atoms with Crippen molar-refractivity contribution in [3.05, 3.63) is 22.2 Å². The SMILES string of the molecule is COc1ccc(Br)c(OC)c1C(=O)PC1CCCC1.[LiH]. The molecule has 1 aliphatic rings. The van der Waals surface area contributed by atoms with Gasteiger partial charge in [-0.1, -0.05) is 12.8 Å². The van der Waals surface area contributed by atoms with E-state index in [1.807, 2.05) is 6.07 Å². The number of carbonyl (C=O) groups is 1. The van der Waals surface area contributed by atoms with Crippen LogP contribution < -0.4 is 9.47 Å². The van der Waals surface area contributed by atoms with Crippen molar-refractivity contribution in [1.29, 1.82) is 0 Å². The van der Waals surface area contributed by atoms with Gasteiger partial charge in [-0.3, -0.25) is 4.79 Å². The van der Waals surface area contributed by atoms with Gasteiger partial charge in [0.1, 0.15) is 17.1 Å². The molecule has 3 nitrogen and oxygen atoms in total. The van der Waals surface area contributed by atoms with E-state index < -0.39 is 0 Å². The van der Waals surface area contributed by atoms with Gasteiger partial charge in [0.2, 0.25) is 0 Å². The van der Waals surface area contributed by atoms with E-state index in [9.17, 15) is 4.79 Å². The van der Waals surface area contributed by atoms with Gasteiger partial charge in [-0.15, -0.1) is 0 Å². The van der Waals surface area contributed by atoms with Crippen molar-refractivity contribution in [2.45, 2.75) is 31.3 Å². The van der Waals surface area contributed by atoms with Crippen molar-refractivity contribution in [2.75, 3.05) is 14.2 Å². The van der Waals surface area contributed by atoms with Crippen LogP contribution in [-0.2, 0) is 0 Å². The van der Waals surface area contributed by atoms with Crippen LogP contribution in [0, 0.1) is 0 Å². The Hall–Kier alpha value is -0.00260. The molecule has 20 heavy (non-hydrogen) atoms. The molecule has 0 heterocycles. The summed E-state index contributed by atoms with van der Waals surface area (Å²) in [5.41, 5.74) is 1.26. The molecule has 0 radical (unpaired) electrons. The standard InChI is InChI=1S/C14H18BrO3P.Li.H/c1-17-11-8-7-10(15)13(18-2)12(11)14(16)19-9-5-3-4-6-9;;/h7-9,19H,3-6H2,1-2H3;;. The topological polar surface area (TPSA) is 35.5 Å². The molecule has 1 atom stereocenters. The van der Waals surface area contributed by atoms with Crippen LogP contribution in [0.15, 0.2) is 16.6 Å². The van der Waals surface area contributed by atoms with E-state index >= 15 is 0 Å². The predicted octanol–water partition coefficient (Wildman–Crippen LogP) is 3.58. The van der Waals surface area contributed by atoms with Crippen molar-refractivity contribution in [3.8, 4) is 11.5 Å². The summed E-state index contributed by atoms with van der Waals surface area (Å²) < 4.78 is 11.5. The Bertz CT molecular complexity index is 476. The Kier molecular flexibility index (Phi) is 7.62. The Morgan fingerprint density at radius 3 is 2.45 bits per heavy atom. The molecule has 0 amide bonds. The fraction of sp³-hybridized carbons (Fsp3) is 0.500. The third-order valence-electron chi connectivity index (χ3n) is 3.41. The first-order chi connectivity index (χ1) is 9.17. The maximum absolute atomic E-state index is 12.5. The van der Waals surface area contributed by atoms with Crippen molar-refractivity contribution >= 4 is 48.9 Å². The van der Waals surface area contributed by atoms with Crippen molar-refractivity contribution < 1.29 is 14.3 Å². The fourth-order valence-corrected chi connectivity index (χ4v) is 4.39. The van der Waals surface area contributed by atoms with Gasteiger partial charge >= 0.3 is 18.9 Å². The van der Waals surface area contributed by atoms with Crippen LogP contribution >= 0.6 is 24.5 Å². The van der Waals surface area contributed by atoms with E-state index in [2.05, 4.69) is 15.9 Å². The minimum atomic E-state index is 0. The molecule has 1 saturated carbocycles. The van der Waals surface area contributed by atoms with E-state index in [0.29, 0.717) is 31.3 Å². The zero-order valence-corrected chi connectivity index (χ0v) is 13.7. The molecule has 1 aliphatic carbocycles. The van der Waals surface area contributed by atoms with Crippen LogP contribution in [0.25, 0.3) is 0 Å². The van der Waals surface area contributed by atoms with Crippen LogP contribution in [0.3, 0.4) is 0 Å². The molecular weight excluding hydrogens is 334 g/mol. The van der Waals surface area contributed by atoms with E-state index in [-0.39, 0.29) is 24.4 Å². The molecule has 1 aromatic carbocycles. The normalized spacial score (nSPS) is 15.3. The number of carbonyl (C=O) groups excluding carboxylic acids is 1. The molecule has 6 heteroatoms. The van der Waals surface area contributed by atoms with Crippen molar-refractivity contribution in [2.24, 2.45) is 0 Å². The molecule has 1 unspecified atom stereocenters. The minimum absolute atomic E-state index is 0. The number of hydrogen-bond donors (Lipinski definition) is 0. The van der Waals surface area contributed by atoms with Crippen LogP contribution in [-0.4, -0.2) is 44.3 Å². The monoisotopic (exact) mass is 352 g/mol. The van der Waals surface area contributed by atoms with E-state index in [1.54, 1.807) is 20.3 Å². The van der Waals surface area contributed by atoms with E-state index in [0.717, 1.165) is 4.47 Å². The van der Waals surface area contributed by atoms with Gasteiger partial charge in [-0.2, -0.15) is 0 Å². The molecule has 1 aromatic rings. The first-order valence-electron chi connectivity index (χ1n) is 6.38. The number of ether oxygens (including phenoxy) is 2. The second-order valence-corrected chi connectivity index (χ2v) is 7.03. The summed E-state index contributed by atoms with van der Waals surface area (Å²) in [7, 11) is 3.47. The molecule has 0 aliphatic heterocycles.